The maximum absolute atomic E-state index is 12.4. The van der Waals surface area contributed by atoms with Gasteiger partial charge in [-0.3, -0.25) is 4.79 Å². The molecular weight excluding hydrogens is 242 g/mol. The molecule has 4 heteroatoms. The van der Waals surface area contributed by atoms with Crippen molar-refractivity contribution in [1.82, 2.24) is 0 Å². The van der Waals surface area contributed by atoms with Gasteiger partial charge in [-0.05, 0) is 30.3 Å². The van der Waals surface area contributed by atoms with Crippen molar-refractivity contribution < 1.29 is 14.3 Å². The van der Waals surface area contributed by atoms with Crippen LogP contribution in [0.2, 0.25) is 0 Å². The zero-order chi connectivity index (χ0) is 13.2. The Morgan fingerprint density at radius 2 is 1.79 bits per heavy atom. The lowest BCUT2D eigenvalue weighted by Gasteiger charge is -2.17. The molecule has 1 aliphatic rings. The van der Waals surface area contributed by atoms with Crippen LogP contribution >= 0.6 is 0 Å². The molecule has 0 aromatic heterocycles. The Labute approximate surface area is 111 Å². The van der Waals surface area contributed by atoms with E-state index in [2.05, 4.69) is 0 Å². The van der Waals surface area contributed by atoms with Crippen LogP contribution in [0, 0.1) is 0 Å². The zero-order valence-corrected chi connectivity index (χ0v) is 10.5. The second kappa shape index (κ2) is 4.65. The molecule has 0 bridgehead atoms. The summed E-state index contributed by atoms with van der Waals surface area (Å²) in [7, 11) is 1.75. The predicted octanol–water partition coefficient (Wildman–Crippen LogP) is 2.69. The Hall–Kier alpha value is -2.49. The topological polar surface area (TPSA) is 38.8 Å². The highest BCUT2D eigenvalue weighted by atomic mass is 16.7. The van der Waals surface area contributed by atoms with E-state index in [1.54, 1.807) is 30.1 Å². The van der Waals surface area contributed by atoms with E-state index in [0.717, 1.165) is 5.69 Å². The number of carbonyl (C=O) groups excluding carboxylic acids is 1. The predicted molar refractivity (Wildman–Crippen MR) is 71.7 cm³/mol. The molecule has 0 aliphatic carbocycles. The van der Waals surface area contributed by atoms with Gasteiger partial charge in [0.1, 0.15) is 0 Å². The number of hydrogen-bond acceptors (Lipinski definition) is 3. The number of para-hydroxylation sites is 1. The fourth-order valence-electron chi connectivity index (χ4n) is 1.99. The zero-order valence-electron chi connectivity index (χ0n) is 10.5. The van der Waals surface area contributed by atoms with Crippen LogP contribution in [-0.2, 0) is 0 Å². The Bertz CT molecular complexity index is 610. The summed E-state index contributed by atoms with van der Waals surface area (Å²) in [5, 5.41) is 0. The third-order valence-corrected chi connectivity index (χ3v) is 3.07. The number of rotatable bonds is 2. The number of anilines is 1. The van der Waals surface area contributed by atoms with Crippen molar-refractivity contribution in [3.63, 3.8) is 0 Å². The molecule has 0 spiro atoms. The minimum Gasteiger partial charge on any atom is -0.454 e. The first-order valence-electron chi connectivity index (χ1n) is 5.98. The van der Waals surface area contributed by atoms with Crippen molar-refractivity contribution in [2.75, 3.05) is 18.7 Å². The Morgan fingerprint density at radius 3 is 2.58 bits per heavy atom. The molecular formula is C15H13NO3. The average molecular weight is 255 g/mol. The smallest absolute Gasteiger partial charge is 0.258 e. The number of hydrogen-bond donors (Lipinski definition) is 0. The van der Waals surface area contributed by atoms with Gasteiger partial charge < -0.3 is 14.4 Å². The monoisotopic (exact) mass is 255 g/mol. The Balaban J connectivity index is 1.88. The van der Waals surface area contributed by atoms with Crippen molar-refractivity contribution in [2.24, 2.45) is 0 Å². The molecule has 0 fully saturated rings. The maximum Gasteiger partial charge on any atom is 0.258 e. The molecule has 3 rings (SSSR count). The van der Waals surface area contributed by atoms with E-state index in [4.69, 9.17) is 9.47 Å². The van der Waals surface area contributed by atoms with Gasteiger partial charge in [0.2, 0.25) is 6.79 Å². The summed E-state index contributed by atoms with van der Waals surface area (Å²) >= 11 is 0. The lowest BCUT2D eigenvalue weighted by Crippen LogP contribution is -2.26. The first-order valence-corrected chi connectivity index (χ1v) is 5.98. The van der Waals surface area contributed by atoms with Crippen molar-refractivity contribution in [3.05, 3.63) is 54.1 Å². The normalized spacial score (nSPS) is 12.3. The van der Waals surface area contributed by atoms with Crippen molar-refractivity contribution in [1.29, 1.82) is 0 Å². The average Bonchev–Trinajstić information content (AvgIpc) is 2.94. The molecule has 96 valence electrons. The van der Waals surface area contributed by atoms with E-state index in [0.29, 0.717) is 17.1 Å². The number of ether oxygens (including phenoxy) is 2. The van der Waals surface area contributed by atoms with Gasteiger partial charge in [-0.15, -0.1) is 0 Å². The van der Waals surface area contributed by atoms with Gasteiger partial charge >= 0.3 is 0 Å². The molecule has 0 atom stereocenters. The Morgan fingerprint density at radius 1 is 1.05 bits per heavy atom. The summed E-state index contributed by atoms with van der Waals surface area (Å²) in [5.74, 6) is 1.22. The highest BCUT2D eigenvalue weighted by Gasteiger charge is 2.18. The molecule has 1 heterocycles. The van der Waals surface area contributed by atoms with Crippen LogP contribution < -0.4 is 14.4 Å². The van der Waals surface area contributed by atoms with E-state index >= 15 is 0 Å². The third-order valence-electron chi connectivity index (χ3n) is 3.07. The van der Waals surface area contributed by atoms with Gasteiger partial charge in [0.05, 0.1) is 0 Å². The molecule has 0 N–H and O–H groups in total. The molecule has 19 heavy (non-hydrogen) atoms. The number of carbonyl (C=O) groups is 1. The lowest BCUT2D eigenvalue weighted by atomic mass is 10.1. The quantitative estimate of drug-likeness (QED) is 0.828. The fraction of sp³-hybridized carbons (Fsp3) is 0.133. The molecule has 0 saturated heterocycles. The van der Waals surface area contributed by atoms with Crippen LogP contribution in [0.5, 0.6) is 11.5 Å². The first-order chi connectivity index (χ1) is 9.25. The molecule has 2 aromatic carbocycles. The second-order valence-electron chi connectivity index (χ2n) is 4.27. The minimum absolute atomic E-state index is 0.0792. The van der Waals surface area contributed by atoms with E-state index in [-0.39, 0.29) is 12.7 Å². The maximum atomic E-state index is 12.4. The lowest BCUT2D eigenvalue weighted by molar-refractivity contribution is 0.0992. The molecule has 1 amide bonds. The van der Waals surface area contributed by atoms with Crippen LogP contribution in [-0.4, -0.2) is 19.7 Å². The summed E-state index contributed by atoms with van der Waals surface area (Å²) in [5.41, 5.74) is 1.43. The van der Waals surface area contributed by atoms with E-state index in [1.165, 1.54) is 0 Å². The molecule has 4 nitrogen and oxygen atoms in total. The van der Waals surface area contributed by atoms with E-state index in [1.807, 2.05) is 30.3 Å². The summed E-state index contributed by atoms with van der Waals surface area (Å²) in [6.07, 6.45) is 0. The fourth-order valence-corrected chi connectivity index (χ4v) is 1.99. The van der Waals surface area contributed by atoms with Gasteiger partial charge in [-0.1, -0.05) is 18.2 Å². The van der Waals surface area contributed by atoms with Crippen LogP contribution in [0.1, 0.15) is 10.4 Å². The minimum atomic E-state index is -0.0792. The molecule has 0 unspecified atom stereocenters. The van der Waals surface area contributed by atoms with Gasteiger partial charge in [0.25, 0.3) is 5.91 Å². The van der Waals surface area contributed by atoms with Crippen LogP contribution in [0.3, 0.4) is 0 Å². The number of benzene rings is 2. The van der Waals surface area contributed by atoms with Crippen LogP contribution in [0.25, 0.3) is 0 Å². The summed E-state index contributed by atoms with van der Waals surface area (Å²) < 4.78 is 10.5. The van der Waals surface area contributed by atoms with Crippen molar-refractivity contribution in [3.8, 4) is 11.5 Å². The molecule has 1 aliphatic heterocycles. The summed E-state index contributed by atoms with van der Waals surface area (Å²) in [4.78, 5) is 14.0. The van der Waals surface area contributed by atoms with Gasteiger partial charge in [0, 0.05) is 18.3 Å². The first kappa shape index (κ1) is 11.6. The number of nitrogens with zero attached hydrogens (tertiary/aromatic N) is 1. The summed E-state index contributed by atoms with van der Waals surface area (Å²) in [6, 6.07) is 14.7. The van der Waals surface area contributed by atoms with Gasteiger partial charge in [0.15, 0.2) is 11.5 Å². The van der Waals surface area contributed by atoms with E-state index in [9.17, 15) is 4.79 Å². The van der Waals surface area contributed by atoms with Crippen molar-refractivity contribution >= 4 is 11.6 Å². The standard InChI is InChI=1S/C15H13NO3/c1-16(12-5-3-2-4-6-12)15(17)11-7-8-13-14(9-11)19-10-18-13/h2-9H,10H2,1H3. The van der Waals surface area contributed by atoms with E-state index < -0.39 is 0 Å². The Kier molecular flexibility index (Phi) is 2.83. The molecule has 2 aromatic rings. The third kappa shape index (κ3) is 2.12. The highest BCUT2D eigenvalue weighted by Crippen LogP contribution is 2.33. The second-order valence-corrected chi connectivity index (χ2v) is 4.27. The largest absolute Gasteiger partial charge is 0.454 e. The molecule has 0 radical (unpaired) electrons. The summed E-state index contributed by atoms with van der Waals surface area (Å²) in [6.45, 7) is 0.210. The van der Waals surface area contributed by atoms with Crippen molar-refractivity contribution in [2.45, 2.75) is 0 Å². The van der Waals surface area contributed by atoms with Crippen LogP contribution in [0.4, 0.5) is 5.69 Å². The van der Waals surface area contributed by atoms with Gasteiger partial charge in [-0.25, -0.2) is 0 Å². The number of amides is 1. The van der Waals surface area contributed by atoms with Crippen LogP contribution in [0.15, 0.2) is 48.5 Å². The molecule has 0 saturated carbocycles. The van der Waals surface area contributed by atoms with Gasteiger partial charge in [-0.2, -0.15) is 0 Å². The number of fused-ring (bicyclic) bond motifs is 1. The SMILES string of the molecule is CN(C(=O)c1ccc2c(c1)OCO2)c1ccccc1. The highest BCUT2D eigenvalue weighted by molar-refractivity contribution is 6.06.